The third-order valence-electron chi connectivity index (χ3n) is 2.67. The molecule has 0 bridgehead atoms. The van der Waals surface area contributed by atoms with Gasteiger partial charge in [0.2, 0.25) is 5.16 Å². The van der Waals surface area contributed by atoms with Crippen LogP contribution in [0.3, 0.4) is 0 Å². The summed E-state index contributed by atoms with van der Waals surface area (Å²) in [7, 11) is 0. The third kappa shape index (κ3) is 3.53. The second-order valence-corrected chi connectivity index (χ2v) is 5.45. The molecule has 0 N–H and O–H groups in total. The number of hydrogen-bond donors (Lipinski definition) is 0. The SMILES string of the molecule is Clc1ccccc1CSc1nncn1/N=C\c1ccco1. The van der Waals surface area contributed by atoms with Crippen LogP contribution in [0, 0.1) is 0 Å². The van der Waals surface area contributed by atoms with E-state index in [9.17, 15) is 0 Å². The molecule has 1 aromatic carbocycles. The summed E-state index contributed by atoms with van der Waals surface area (Å²) in [5.41, 5.74) is 1.05. The van der Waals surface area contributed by atoms with Crippen LogP contribution in [0.5, 0.6) is 0 Å². The first-order chi connectivity index (χ1) is 10.3. The van der Waals surface area contributed by atoms with Crippen molar-refractivity contribution in [3.63, 3.8) is 0 Å². The first-order valence-corrected chi connectivity index (χ1v) is 7.53. The minimum absolute atomic E-state index is 0.672. The van der Waals surface area contributed by atoms with E-state index in [0.29, 0.717) is 16.7 Å². The van der Waals surface area contributed by atoms with E-state index < -0.39 is 0 Å². The van der Waals surface area contributed by atoms with Gasteiger partial charge in [0.05, 0.1) is 12.5 Å². The largest absolute Gasteiger partial charge is 0.463 e. The zero-order valence-corrected chi connectivity index (χ0v) is 12.5. The normalized spacial score (nSPS) is 11.3. The molecule has 0 saturated carbocycles. The van der Waals surface area contributed by atoms with Gasteiger partial charge in [-0.3, -0.25) is 0 Å². The molecule has 21 heavy (non-hydrogen) atoms. The number of hydrogen-bond acceptors (Lipinski definition) is 5. The Morgan fingerprint density at radius 3 is 3.00 bits per heavy atom. The van der Waals surface area contributed by atoms with Crippen molar-refractivity contribution >= 4 is 29.6 Å². The van der Waals surface area contributed by atoms with Crippen molar-refractivity contribution in [2.75, 3.05) is 0 Å². The van der Waals surface area contributed by atoms with Gasteiger partial charge < -0.3 is 4.42 Å². The number of furan rings is 1. The fraction of sp³-hybridized carbons (Fsp3) is 0.0714. The van der Waals surface area contributed by atoms with Crippen molar-refractivity contribution in [3.8, 4) is 0 Å². The molecule has 5 nitrogen and oxygen atoms in total. The molecule has 0 unspecified atom stereocenters. The van der Waals surface area contributed by atoms with Crippen LogP contribution < -0.4 is 0 Å². The lowest BCUT2D eigenvalue weighted by Crippen LogP contribution is -1.92. The maximum absolute atomic E-state index is 6.13. The maximum atomic E-state index is 6.13. The smallest absolute Gasteiger partial charge is 0.212 e. The summed E-state index contributed by atoms with van der Waals surface area (Å²) in [4.78, 5) is 0. The second kappa shape index (κ2) is 6.60. The van der Waals surface area contributed by atoms with Crippen LogP contribution in [0.25, 0.3) is 0 Å². The summed E-state index contributed by atoms with van der Waals surface area (Å²) in [6.07, 6.45) is 4.76. The molecule has 0 amide bonds. The third-order valence-corrected chi connectivity index (χ3v) is 4.02. The predicted molar refractivity (Wildman–Crippen MR) is 82.7 cm³/mol. The van der Waals surface area contributed by atoms with E-state index in [1.807, 2.05) is 30.3 Å². The van der Waals surface area contributed by atoms with E-state index in [-0.39, 0.29) is 0 Å². The Morgan fingerprint density at radius 1 is 1.29 bits per heavy atom. The average Bonchev–Trinajstić information content (AvgIpc) is 3.16. The van der Waals surface area contributed by atoms with Gasteiger partial charge >= 0.3 is 0 Å². The van der Waals surface area contributed by atoms with Crippen LogP contribution >= 0.6 is 23.4 Å². The van der Waals surface area contributed by atoms with Gasteiger partial charge in [-0.15, -0.1) is 10.2 Å². The van der Waals surface area contributed by atoms with E-state index in [1.165, 1.54) is 11.8 Å². The highest BCUT2D eigenvalue weighted by atomic mass is 35.5. The minimum atomic E-state index is 0.672. The Balaban J connectivity index is 1.70. The summed E-state index contributed by atoms with van der Waals surface area (Å²) in [5, 5.41) is 13.6. The highest BCUT2D eigenvalue weighted by molar-refractivity contribution is 7.98. The molecule has 7 heteroatoms. The molecule has 0 spiro atoms. The number of rotatable bonds is 5. The Kier molecular flexibility index (Phi) is 4.37. The van der Waals surface area contributed by atoms with Gasteiger partial charge in [-0.05, 0) is 23.8 Å². The Morgan fingerprint density at radius 2 is 2.19 bits per heavy atom. The quantitative estimate of drug-likeness (QED) is 0.531. The molecular weight excluding hydrogens is 308 g/mol. The average molecular weight is 319 g/mol. The summed E-state index contributed by atoms with van der Waals surface area (Å²) in [5.74, 6) is 1.38. The highest BCUT2D eigenvalue weighted by Crippen LogP contribution is 2.25. The topological polar surface area (TPSA) is 56.2 Å². The van der Waals surface area contributed by atoms with Crippen LogP contribution in [0.2, 0.25) is 5.02 Å². The minimum Gasteiger partial charge on any atom is -0.463 e. The number of halogens is 1. The number of nitrogens with zero attached hydrogens (tertiary/aromatic N) is 4. The Labute approximate surface area is 130 Å². The van der Waals surface area contributed by atoms with Crippen molar-refractivity contribution in [1.29, 1.82) is 0 Å². The summed E-state index contributed by atoms with van der Waals surface area (Å²) in [6.45, 7) is 0. The molecule has 0 aliphatic heterocycles. The fourth-order valence-corrected chi connectivity index (χ4v) is 2.78. The summed E-state index contributed by atoms with van der Waals surface area (Å²) < 4.78 is 6.79. The lowest BCUT2D eigenvalue weighted by molar-refractivity contribution is 0.559. The lowest BCUT2D eigenvalue weighted by Gasteiger charge is -2.03. The zero-order valence-electron chi connectivity index (χ0n) is 10.9. The van der Waals surface area contributed by atoms with Crippen molar-refractivity contribution in [3.05, 3.63) is 65.3 Å². The first-order valence-electron chi connectivity index (χ1n) is 6.17. The van der Waals surface area contributed by atoms with Gasteiger partial charge in [-0.2, -0.15) is 9.78 Å². The molecule has 2 heterocycles. The van der Waals surface area contributed by atoms with Gasteiger partial charge in [0.15, 0.2) is 0 Å². The number of aromatic nitrogens is 3. The van der Waals surface area contributed by atoms with Crippen LogP contribution in [0.1, 0.15) is 11.3 Å². The van der Waals surface area contributed by atoms with Crippen LogP contribution in [0.15, 0.2) is 63.7 Å². The van der Waals surface area contributed by atoms with Gasteiger partial charge in [0.1, 0.15) is 12.1 Å². The van der Waals surface area contributed by atoms with Crippen molar-refractivity contribution < 1.29 is 4.42 Å². The van der Waals surface area contributed by atoms with E-state index in [1.54, 1.807) is 29.5 Å². The van der Waals surface area contributed by atoms with Crippen molar-refractivity contribution in [1.82, 2.24) is 14.9 Å². The molecule has 0 aliphatic rings. The van der Waals surface area contributed by atoms with Crippen LogP contribution in [-0.4, -0.2) is 21.1 Å². The van der Waals surface area contributed by atoms with Gasteiger partial charge in [0.25, 0.3) is 0 Å². The van der Waals surface area contributed by atoms with E-state index in [0.717, 1.165) is 10.6 Å². The standard InChI is InChI=1S/C14H11ClN4OS/c15-13-6-2-1-4-11(13)9-21-14-18-16-10-19(14)17-8-12-5-3-7-20-12/h1-8,10H,9H2/b17-8-. The maximum Gasteiger partial charge on any atom is 0.212 e. The van der Waals surface area contributed by atoms with E-state index in [4.69, 9.17) is 16.0 Å². The van der Waals surface area contributed by atoms with E-state index >= 15 is 0 Å². The molecule has 0 aliphatic carbocycles. The molecular formula is C14H11ClN4OS. The summed E-state index contributed by atoms with van der Waals surface area (Å²) >= 11 is 7.65. The fourth-order valence-electron chi connectivity index (χ4n) is 1.64. The van der Waals surface area contributed by atoms with E-state index in [2.05, 4.69) is 15.3 Å². The van der Waals surface area contributed by atoms with Gasteiger partial charge in [0, 0.05) is 10.8 Å². The van der Waals surface area contributed by atoms with Gasteiger partial charge in [-0.1, -0.05) is 41.6 Å². The molecule has 106 valence electrons. The highest BCUT2D eigenvalue weighted by Gasteiger charge is 2.06. The molecule has 0 saturated heterocycles. The molecule has 0 radical (unpaired) electrons. The van der Waals surface area contributed by atoms with Crippen LogP contribution in [-0.2, 0) is 5.75 Å². The molecule has 0 fully saturated rings. The molecule has 2 aromatic heterocycles. The number of benzene rings is 1. The van der Waals surface area contributed by atoms with Gasteiger partial charge in [-0.25, -0.2) is 0 Å². The lowest BCUT2D eigenvalue weighted by atomic mass is 10.2. The predicted octanol–water partition coefficient (Wildman–Crippen LogP) is 3.70. The second-order valence-electron chi connectivity index (χ2n) is 4.10. The molecule has 3 aromatic rings. The Hall–Kier alpha value is -2.05. The first kappa shape index (κ1) is 13.9. The molecule has 0 atom stereocenters. The molecule has 3 rings (SSSR count). The van der Waals surface area contributed by atoms with Crippen molar-refractivity contribution in [2.45, 2.75) is 10.9 Å². The monoisotopic (exact) mass is 318 g/mol. The van der Waals surface area contributed by atoms with Crippen molar-refractivity contribution in [2.24, 2.45) is 5.10 Å². The summed E-state index contributed by atoms with van der Waals surface area (Å²) in [6, 6.07) is 11.4. The zero-order chi connectivity index (χ0) is 14.5. The number of thioether (sulfide) groups is 1. The van der Waals surface area contributed by atoms with Crippen LogP contribution in [0.4, 0.5) is 0 Å². The Bertz CT molecular complexity index is 739.